The summed E-state index contributed by atoms with van der Waals surface area (Å²) in [5.74, 6) is -1.03. The number of hydrogen-bond donors (Lipinski definition) is 1. The van der Waals surface area contributed by atoms with Gasteiger partial charge in [-0.1, -0.05) is 6.07 Å². The van der Waals surface area contributed by atoms with Crippen LogP contribution in [0.5, 0.6) is 5.88 Å². The lowest BCUT2D eigenvalue weighted by Gasteiger charge is -2.18. The van der Waals surface area contributed by atoms with E-state index in [1.54, 1.807) is 26.0 Å². The van der Waals surface area contributed by atoms with Gasteiger partial charge in [-0.15, -0.1) is 0 Å². The molecule has 0 amide bonds. The molecule has 0 aromatic carbocycles. The molecule has 0 fully saturated rings. The van der Waals surface area contributed by atoms with Crippen molar-refractivity contribution in [3.05, 3.63) is 35.9 Å². The monoisotopic (exact) mass is 251 g/mol. The summed E-state index contributed by atoms with van der Waals surface area (Å²) >= 11 is 0. The van der Waals surface area contributed by atoms with E-state index in [2.05, 4.69) is 4.98 Å². The minimum atomic E-state index is -1.10. The number of ether oxygens (including phenoxy) is 3. The fourth-order valence-corrected chi connectivity index (χ4v) is 1.39. The highest BCUT2D eigenvalue weighted by Crippen LogP contribution is 2.24. The number of rotatable bonds is 4. The zero-order chi connectivity index (χ0) is 13.2. The standard InChI is InChI=1S/C12H13NO5/c1-12(2)17-7-8(18-12)6-16-10-5-3-4-9(13-10)11(14)15/h3-5,7H,6H2,1-2H3,(H,14,15). The Morgan fingerprint density at radius 2 is 2.28 bits per heavy atom. The lowest BCUT2D eigenvalue weighted by Crippen LogP contribution is -2.21. The van der Waals surface area contributed by atoms with Gasteiger partial charge in [-0.25, -0.2) is 9.78 Å². The molecule has 1 aliphatic rings. The molecule has 0 saturated heterocycles. The molecular formula is C12H13NO5. The van der Waals surface area contributed by atoms with Crippen molar-refractivity contribution < 1.29 is 24.1 Å². The predicted molar refractivity (Wildman–Crippen MR) is 61.0 cm³/mol. The summed E-state index contributed by atoms with van der Waals surface area (Å²) in [6.07, 6.45) is 1.47. The maximum absolute atomic E-state index is 10.7. The van der Waals surface area contributed by atoms with Crippen LogP contribution >= 0.6 is 0 Å². The highest BCUT2D eigenvalue weighted by Gasteiger charge is 2.27. The molecule has 1 aromatic heterocycles. The van der Waals surface area contributed by atoms with Crippen molar-refractivity contribution in [2.75, 3.05) is 6.61 Å². The first-order chi connectivity index (χ1) is 8.46. The summed E-state index contributed by atoms with van der Waals surface area (Å²) in [5, 5.41) is 8.78. The van der Waals surface area contributed by atoms with Crippen molar-refractivity contribution in [3.63, 3.8) is 0 Å². The molecule has 1 aromatic rings. The Labute approximate surface area is 104 Å². The third-order valence-corrected chi connectivity index (χ3v) is 2.16. The first-order valence-corrected chi connectivity index (χ1v) is 5.35. The number of carboxylic acids is 1. The summed E-state index contributed by atoms with van der Waals surface area (Å²) in [5.41, 5.74) is -0.0644. The van der Waals surface area contributed by atoms with Crippen LogP contribution in [-0.4, -0.2) is 28.5 Å². The van der Waals surface area contributed by atoms with Gasteiger partial charge in [0.2, 0.25) is 11.7 Å². The Balaban J connectivity index is 1.95. The van der Waals surface area contributed by atoms with E-state index in [1.807, 2.05) is 0 Å². The summed E-state index contributed by atoms with van der Waals surface area (Å²) in [6, 6.07) is 4.54. The average Bonchev–Trinajstić information content (AvgIpc) is 2.67. The topological polar surface area (TPSA) is 77.9 Å². The Morgan fingerprint density at radius 3 is 2.89 bits per heavy atom. The van der Waals surface area contributed by atoms with E-state index in [1.165, 1.54) is 12.3 Å². The zero-order valence-electron chi connectivity index (χ0n) is 10.0. The molecule has 1 N–H and O–H groups in total. The fourth-order valence-electron chi connectivity index (χ4n) is 1.39. The van der Waals surface area contributed by atoms with Crippen LogP contribution in [-0.2, 0) is 9.47 Å². The minimum Gasteiger partial charge on any atom is -0.477 e. The van der Waals surface area contributed by atoms with Crippen molar-refractivity contribution in [1.29, 1.82) is 0 Å². The highest BCUT2D eigenvalue weighted by molar-refractivity contribution is 5.85. The summed E-state index contributed by atoms with van der Waals surface area (Å²) in [4.78, 5) is 14.5. The second-order valence-corrected chi connectivity index (χ2v) is 4.16. The van der Waals surface area contributed by atoms with Gasteiger partial charge in [0, 0.05) is 19.9 Å². The molecule has 2 rings (SSSR count). The van der Waals surface area contributed by atoms with Crippen LogP contribution in [0.25, 0.3) is 0 Å². The van der Waals surface area contributed by atoms with Crippen LogP contribution in [0.2, 0.25) is 0 Å². The van der Waals surface area contributed by atoms with E-state index >= 15 is 0 Å². The number of pyridine rings is 1. The number of hydrogen-bond acceptors (Lipinski definition) is 5. The van der Waals surface area contributed by atoms with Gasteiger partial charge in [0.25, 0.3) is 0 Å². The number of carboxylic acid groups (broad SMARTS) is 1. The van der Waals surface area contributed by atoms with Crippen LogP contribution in [0.1, 0.15) is 24.3 Å². The number of aromatic carboxylic acids is 1. The summed E-state index contributed by atoms with van der Waals surface area (Å²) < 4.78 is 16.0. The summed E-state index contributed by atoms with van der Waals surface area (Å²) in [7, 11) is 0. The largest absolute Gasteiger partial charge is 0.477 e. The van der Waals surface area contributed by atoms with Gasteiger partial charge in [0.15, 0.2) is 18.1 Å². The van der Waals surface area contributed by atoms with Crippen molar-refractivity contribution >= 4 is 5.97 Å². The molecule has 0 unspecified atom stereocenters. The predicted octanol–water partition coefficient (Wildman–Crippen LogP) is 1.78. The van der Waals surface area contributed by atoms with E-state index < -0.39 is 11.8 Å². The van der Waals surface area contributed by atoms with E-state index in [4.69, 9.17) is 19.3 Å². The van der Waals surface area contributed by atoms with Crippen LogP contribution in [0, 0.1) is 0 Å². The van der Waals surface area contributed by atoms with Gasteiger partial charge in [-0.3, -0.25) is 0 Å². The van der Waals surface area contributed by atoms with E-state index in [9.17, 15) is 4.79 Å². The molecule has 0 spiro atoms. The minimum absolute atomic E-state index is 0.0644. The lowest BCUT2D eigenvalue weighted by molar-refractivity contribution is -0.119. The third-order valence-electron chi connectivity index (χ3n) is 2.16. The molecule has 1 aliphatic heterocycles. The molecule has 0 radical (unpaired) electrons. The van der Waals surface area contributed by atoms with Gasteiger partial charge >= 0.3 is 5.97 Å². The van der Waals surface area contributed by atoms with Crippen LogP contribution in [0.3, 0.4) is 0 Å². The summed E-state index contributed by atoms with van der Waals surface area (Å²) in [6.45, 7) is 3.69. The maximum Gasteiger partial charge on any atom is 0.354 e. The van der Waals surface area contributed by atoms with E-state index in [0.29, 0.717) is 5.76 Å². The van der Waals surface area contributed by atoms with Crippen molar-refractivity contribution in [3.8, 4) is 5.88 Å². The molecule has 0 aliphatic carbocycles. The molecule has 0 atom stereocenters. The van der Waals surface area contributed by atoms with Gasteiger partial charge in [-0.2, -0.15) is 0 Å². The van der Waals surface area contributed by atoms with Gasteiger partial charge in [0.05, 0.1) is 0 Å². The Kier molecular flexibility index (Phi) is 3.10. The number of nitrogens with zero attached hydrogens (tertiary/aromatic N) is 1. The van der Waals surface area contributed by atoms with Crippen molar-refractivity contribution in [2.45, 2.75) is 19.6 Å². The molecule has 0 saturated carbocycles. The Bertz CT molecular complexity index is 495. The number of aromatic nitrogens is 1. The van der Waals surface area contributed by atoms with Crippen LogP contribution in [0.15, 0.2) is 30.2 Å². The molecule has 2 heterocycles. The Hall–Kier alpha value is -2.24. The second-order valence-electron chi connectivity index (χ2n) is 4.16. The molecule has 18 heavy (non-hydrogen) atoms. The molecule has 6 heteroatoms. The quantitative estimate of drug-likeness (QED) is 0.878. The van der Waals surface area contributed by atoms with Crippen LogP contribution < -0.4 is 4.74 Å². The Morgan fingerprint density at radius 1 is 1.50 bits per heavy atom. The molecular weight excluding hydrogens is 238 g/mol. The first-order valence-electron chi connectivity index (χ1n) is 5.35. The van der Waals surface area contributed by atoms with Gasteiger partial charge in [0.1, 0.15) is 6.26 Å². The first kappa shape index (κ1) is 12.2. The smallest absolute Gasteiger partial charge is 0.354 e. The number of carbonyl (C=O) groups is 1. The molecule has 6 nitrogen and oxygen atoms in total. The highest BCUT2D eigenvalue weighted by atomic mass is 16.7. The SMILES string of the molecule is CC1(C)OC=C(COc2cccc(C(=O)O)n2)O1. The second kappa shape index (κ2) is 4.56. The third kappa shape index (κ3) is 2.91. The van der Waals surface area contributed by atoms with Crippen LogP contribution in [0.4, 0.5) is 0 Å². The van der Waals surface area contributed by atoms with Crippen molar-refractivity contribution in [1.82, 2.24) is 4.98 Å². The van der Waals surface area contributed by atoms with E-state index in [0.717, 1.165) is 0 Å². The normalized spacial score (nSPS) is 16.4. The maximum atomic E-state index is 10.7. The zero-order valence-corrected chi connectivity index (χ0v) is 10.0. The average molecular weight is 251 g/mol. The van der Waals surface area contributed by atoms with Gasteiger partial charge in [-0.05, 0) is 6.07 Å². The van der Waals surface area contributed by atoms with E-state index in [-0.39, 0.29) is 18.2 Å². The lowest BCUT2D eigenvalue weighted by atomic mass is 10.3. The molecule has 96 valence electrons. The molecule has 0 bridgehead atoms. The van der Waals surface area contributed by atoms with Crippen molar-refractivity contribution in [2.24, 2.45) is 0 Å². The van der Waals surface area contributed by atoms with Gasteiger partial charge < -0.3 is 19.3 Å². The fraction of sp³-hybridized carbons (Fsp3) is 0.333.